The zero-order valence-corrected chi connectivity index (χ0v) is 17.3. The summed E-state index contributed by atoms with van der Waals surface area (Å²) in [4.78, 5) is 0. The van der Waals surface area contributed by atoms with Crippen LogP contribution in [0.5, 0.6) is 0 Å². The van der Waals surface area contributed by atoms with E-state index in [4.69, 9.17) is 9.31 Å². The molecule has 1 saturated carbocycles. The molecule has 0 unspecified atom stereocenters. The van der Waals surface area contributed by atoms with E-state index >= 15 is 0 Å². The van der Waals surface area contributed by atoms with E-state index in [1.807, 2.05) is 0 Å². The van der Waals surface area contributed by atoms with E-state index in [0.717, 1.165) is 12.2 Å². The molecule has 1 aliphatic carbocycles. The molecule has 0 N–H and O–H groups in total. The molecule has 2 fully saturated rings. The molecule has 0 amide bonds. The van der Waals surface area contributed by atoms with Gasteiger partial charge in [0.1, 0.15) is 0 Å². The molecule has 1 heterocycles. The Hall–Kier alpha value is -1.06. The molecule has 2 aliphatic rings. The average molecular weight is 354 g/mol. The number of hydrogen-bond acceptors (Lipinski definition) is 2. The SMILES string of the molecule is C/C(=C\[C@@H](CB1OC(C)(C)C(C)(C)O1)C1CCCCC1)c1ccccc1. The first-order valence-corrected chi connectivity index (χ1v) is 10.4. The predicted octanol–water partition coefficient (Wildman–Crippen LogP) is 6.38. The third kappa shape index (κ3) is 4.43. The molecule has 1 aromatic carbocycles. The van der Waals surface area contributed by atoms with Crippen molar-refractivity contribution in [2.45, 2.75) is 84.2 Å². The number of hydrogen-bond donors (Lipinski definition) is 0. The van der Waals surface area contributed by atoms with Crippen LogP contribution < -0.4 is 0 Å². The quantitative estimate of drug-likeness (QED) is 0.571. The maximum absolute atomic E-state index is 6.32. The van der Waals surface area contributed by atoms with Crippen LogP contribution in [0.1, 0.15) is 72.3 Å². The molecule has 1 saturated heterocycles. The van der Waals surface area contributed by atoms with E-state index in [1.54, 1.807) is 0 Å². The van der Waals surface area contributed by atoms with Gasteiger partial charge in [-0.3, -0.25) is 0 Å². The average Bonchev–Trinajstić information content (AvgIpc) is 2.82. The van der Waals surface area contributed by atoms with Gasteiger partial charge in [-0.05, 0) is 76.8 Å². The van der Waals surface area contributed by atoms with Crippen LogP contribution >= 0.6 is 0 Å². The maximum atomic E-state index is 6.32. The lowest BCUT2D eigenvalue weighted by Gasteiger charge is -2.32. The Bertz CT molecular complexity index is 598. The van der Waals surface area contributed by atoms with E-state index in [0.29, 0.717) is 5.92 Å². The van der Waals surface area contributed by atoms with Crippen LogP contribution in [0.3, 0.4) is 0 Å². The Kier molecular flexibility index (Phi) is 5.99. The fourth-order valence-electron chi connectivity index (χ4n) is 4.36. The highest BCUT2D eigenvalue weighted by Crippen LogP contribution is 2.41. The van der Waals surface area contributed by atoms with Gasteiger partial charge in [0, 0.05) is 0 Å². The van der Waals surface area contributed by atoms with E-state index in [2.05, 4.69) is 71.0 Å². The van der Waals surface area contributed by atoms with Crippen LogP contribution in [-0.4, -0.2) is 18.3 Å². The molecule has 0 aromatic heterocycles. The van der Waals surface area contributed by atoms with E-state index in [1.165, 1.54) is 43.2 Å². The van der Waals surface area contributed by atoms with Gasteiger partial charge in [0.25, 0.3) is 0 Å². The van der Waals surface area contributed by atoms with Gasteiger partial charge in [-0.25, -0.2) is 0 Å². The summed E-state index contributed by atoms with van der Waals surface area (Å²) in [5.41, 5.74) is 2.21. The molecule has 3 rings (SSSR count). The molecule has 2 nitrogen and oxygen atoms in total. The fraction of sp³-hybridized carbons (Fsp3) is 0.652. The maximum Gasteiger partial charge on any atom is 0.458 e. The molecule has 1 atom stereocenters. The summed E-state index contributed by atoms with van der Waals surface area (Å²) in [5, 5.41) is 0. The number of allylic oxidation sites excluding steroid dienone is 2. The predicted molar refractivity (Wildman–Crippen MR) is 111 cm³/mol. The summed E-state index contributed by atoms with van der Waals surface area (Å²) in [7, 11) is -0.105. The number of benzene rings is 1. The summed E-state index contributed by atoms with van der Waals surface area (Å²) in [6.45, 7) is 10.8. The third-order valence-electron chi connectivity index (χ3n) is 6.72. The molecule has 3 heteroatoms. The van der Waals surface area contributed by atoms with E-state index in [9.17, 15) is 0 Å². The molecule has 0 spiro atoms. The van der Waals surface area contributed by atoms with Gasteiger partial charge in [0.2, 0.25) is 0 Å². The highest BCUT2D eigenvalue weighted by Gasteiger charge is 2.51. The first kappa shape index (κ1) is 19.7. The van der Waals surface area contributed by atoms with E-state index in [-0.39, 0.29) is 18.3 Å². The topological polar surface area (TPSA) is 18.5 Å². The second kappa shape index (κ2) is 7.90. The Labute approximate surface area is 160 Å². The van der Waals surface area contributed by atoms with Crippen molar-refractivity contribution < 1.29 is 9.31 Å². The lowest BCUT2D eigenvalue weighted by molar-refractivity contribution is 0.00578. The summed E-state index contributed by atoms with van der Waals surface area (Å²) in [6, 6.07) is 10.7. The van der Waals surface area contributed by atoms with Crippen LogP contribution in [0.15, 0.2) is 36.4 Å². The minimum Gasteiger partial charge on any atom is -0.403 e. The van der Waals surface area contributed by atoms with Crippen LogP contribution in [0.25, 0.3) is 5.57 Å². The standard InChI is InChI=1S/C23H35BO2/c1-18(19-12-8-6-9-13-19)16-21(20-14-10-7-11-15-20)17-24-25-22(2,3)23(4,5)26-24/h6,8-9,12-13,16,20-21H,7,10-11,14-15,17H2,1-5H3/b18-16+/t21-/m0/s1. The number of rotatable bonds is 5. The smallest absolute Gasteiger partial charge is 0.403 e. The Balaban J connectivity index is 1.78. The molecule has 1 aliphatic heterocycles. The Morgan fingerprint density at radius 1 is 1.04 bits per heavy atom. The van der Waals surface area contributed by atoms with Crippen molar-refractivity contribution in [3.05, 3.63) is 42.0 Å². The second-order valence-electron chi connectivity index (χ2n) is 9.20. The van der Waals surface area contributed by atoms with Gasteiger partial charge in [0.05, 0.1) is 11.2 Å². The first-order chi connectivity index (χ1) is 12.3. The normalized spacial score (nSPS) is 24.7. The van der Waals surface area contributed by atoms with Crippen molar-refractivity contribution >= 4 is 12.7 Å². The van der Waals surface area contributed by atoms with Crippen LogP contribution in [0.2, 0.25) is 6.32 Å². The molecule has 0 radical (unpaired) electrons. The first-order valence-electron chi connectivity index (χ1n) is 10.4. The molecule has 0 bridgehead atoms. The minimum atomic E-state index is -0.243. The summed E-state index contributed by atoms with van der Waals surface area (Å²) >= 11 is 0. The van der Waals surface area contributed by atoms with Crippen molar-refractivity contribution in [1.29, 1.82) is 0 Å². The van der Waals surface area contributed by atoms with Gasteiger partial charge in [-0.15, -0.1) is 0 Å². The van der Waals surface area contributed by atoms with Crippen molar-refractivity contribution in [2.24, 2.45) is 11.8 Å². The Morgan fingerprint density at radius 2 is 1.62 bits per heavy atom. The van der Waals surface area contributed by atoms with Crippen LogP contribution in [0, 0.1) is 11.8 Å². The third-order valence-corrected chi connectivity index (χ3v) is 6.72. The van der Waals surface area contributed by atoms with Crippen molar-refractivity contribution in [2.75, 3.05) is 0 Å². The molecule has 1 aromatic rings. The molecular formula is C23H35BO2. The zero-order chi connectivity index (χ0) is 18.8. The summed E-state index contributed by atoms with van der Waals surface area (Å²) in [5.74, 6) is 1.27. The minimum absolute atomic E-state index is 0.105. The molecule has 26 heavy (non-hydrogen) atoms. The highest BCUT2D eigenvalue weighted by molar-refractivity contribution is 6.45. The fourth-order valence-corrected chi connectivity index (χ4v) is 4.36. The second-order valence-corrected chi connectivity index (χ2v) is 9.20. The lowest BCUT2D eigenvalue weighted by Crippen LogP contribution is -2.41. The molecular weight excluding hydrogens is 319 g/mol. The van der Waals surface area contributed by atoms with Gasteiger partial charge >= 0.3 is 7.12 Å². The van der Waals surface area contributed by atoms with Gasteiger partial charge in [-0.2, -0.15) is 0 Å². The van der Waals surface area contributed by atoms with E-state index < -0.39 is 0 Å². The highest BCUT2D eigenvalue weighted by atomic mass is 16.7. The zero-order valence-electron chi connectivity index (χ0n) is 17.3. The van der Waals surface area contributed by atoms with Crippen LogP contribution in [0.4, 0.5) is 0 Å². The molecule has 142 valence electrons. The summed E-state index contributed by atoms with van der Waals surface area (Å²) in [6.07, 6.45) is 10.2. The Morgan fingerprint density at radius 3 is 2.19 bits per heavy atom. The van der Waals surface area contributed by atoms with Crippen molar-refractivity contribution in [1.82, 2.24) is 0 Å². The largest absolute Gasteiger partial charge is 0.458 e. The van der Waals surface area contributed by atoms with Crippen LogP contribution in [-0.2, 0) is 9.31 Å². The van der Waals surface area contributed by atoms with Crippen molar-refractivity contribution in [3.8, 4) is 0 Å². The van der Waals surface area contributed by atoms with Gasteiger partial charge in [0.15, 0.2) is 0 Å². The monoisotopic (exact) mass is 354 g/mol. The lowest BCUT2D eigenvalue weighted by atomic mass is 9.68. The van der Waals surface area contributed by atoms with Crippen molar-refractivity contribution in [3.63, 3.8) is 0 Å². The summed E-state index contributed by atoms with van der Waals surface area (Å²) < 4.78 is 12.6. The van der Waals surface area contributed by atoms with Gasteiger partial charge in [-0.1, -0.05) is 55.7 Å². The van der Waals surface area contributed by atoms with Gasteiger partial charge < -0.3 is 9.31 Å².